The fourth-order valence-electron chi connectivity index (χ4n) is 3.53. The van der Waals surface area contributed by atoms with E-state index in [0.29, 0.717) is 48.9 Å². The predicted molar refractivity (Wildman–Crippen MR) is 135 cm³/mol. The molecule has 0 saturated heterocycles. The monoisotopic (exact) mass is 484 g/mol. The van der Waals surface area contributed by atoms with Crippen molar-refractivity contribution in [2.24, 2.45) is 0 Å². The Bertz CT molecular complexity index is 1160. The second-order valence-electron chi connectivity index (χ2n) is 7.34. The molecule has 0 bridgehead atoms. The normalized spacial score (nSPS) is 11.7. The van der Waals surface area contributed by atoms with E-state index in [-0.39, 0.29) is 10.5 Å². The van der Waals surface area contributed by atoms with Crippen molar-refractivity contribution in [2.45, 2.75) is 32.6 Å². The average Bonchev–Trinajstić information content (AvgIpc) is 2.84. The molecule has 1 N–H and O–H groups in total. The predicted octanol–water partition coefficient (Wildman–Crippen LogP) is 4.12. The van der Waals surface area contributed by atoms with Crippen molar-refractivity contribution >= 4 is 33.4 Å². The fourth-order valence-corrected chi connectivity index (χ4v) is 5.02. The van der Waals surface area contributed by atoms with Crippen molar-refractivity contribution in [1.82, 2.24) is 4.31 Å². The van der Waals surface area contributed by atoms with Crippen LogP contribution in [0.1, 0.15) is 33.3 Å². The van der Waals surface area contributed by atoms with E-state index in [2.05, 4.69) is 5.32 Å². The number of nitrogens with zero attached hydrogens (tertiary/aromatic N) is 3. The number of benzene rings is 2. The molecule has 9 heteroatoms. The minimum absolute atomic E-state index is 0.0834. The van der Waals surface area contributed by atoms with E-state index in [0.717, 1.165) is 0 Å². The third-order valence-corrected chi connectivity index (χ3v) is 7.50. The van der Waals surface area contributed by atoms with Crippen LogP contribution in [0.3, 0.4) is 0 Å². The number of carbonyl (C=O) groups excluding carboxylic acids is 1. The fraction of sp³-hybridized carbons (Fsp3) is 0.360. The van der Waals surface area contributed by atoms with E-state index in [1.165, 1.54) is 16.4 Å². The van der Waals surface area contributed by atoms with E-state index in [4.69, 9.17) is 4.74 Å². The van der Waals surface area contributed by atoms with Gasteiger partial charge in [-0.15, -0.1) is 0 Å². The van der Waals surface area contributed by atoms with Gasteiger partial charge in [0.25, 0.3) is 5.91 Å². The maximum absolute atomic E-state index is 13.1. The number of ether oxygens (including phenoxy) is 1. The van der Waals surface area contributed by atoms with E-state index >= 15 is 0 Å². The van der Waals surface area contributed by atoms with Gasteiger partial charge in [-0.2, -0.15) is 9.57 Å². The molecule has 2 aromatic rings. The second-order valence-corrected chi connectivity index (χ2v) is 9.28. The highest BCUT2D eigenvalue weighted by Crippen LogP contribution is 2.31. The molecule has 34 heavy (non-hydrogen) atoms. The van der Waals surface area contributed by atoms with Crippen LogP contribution in [0.15, 0.2) is 52.9 Å². The molecule has 0 radical (unpaired) electrons. The van der Waals surface area contributed by atoms with Crippen LogP contribution in [0, 0.1) is 11.3 Å². The molecule has 0 unspecified atom stereocenters. The Morgan fingerprint density at radius 1 is 1.03 bits per heavy atom. The number of carbonyl (C=O) groups is 1. The number of nitriles is 1. The summed E-state index contributed by atoms with van der Waals surface area (Å²) in [4.78, 5) is 15.1. The first kappa shape index (κ1) is 26.9. The van der Waals surface area contributed by atoms with Crippen molar-refractivity contribution in [3.05, 3.63) is 53.6 Å². The smallest absolute Gasteiger partial charge is 0.266 e. The highest BCUT2D eigenvalue weighted by Gasteiger charge is 2.24. The molecular formula is C25H32N4O4S. The molecule has 0 saturated carbocycles. The number of sulfonamides is 1. The number of methoxy groups -OCH3 is 1. The first-order chi connectivity index (χ1) is 16.2. The standard InChI is InChI=1S/C25H32N4O4S/c1-6-28(7-2)24-15-14-22(34(31,32)29(8-3)9-4)17-23(24)27-25(30)20(18-26)16-19-10-12-21(33-5)13-11-19/h10-17H,6-9H2,1-5H3,(H,27,30)/b20-16-. The quantitative estimate of drug-likeness (QED) is 0.380. The Kier molecular flexibility index (Phi) is 9.66. The third-order valence-electron chi connectivity index (χ3n) is 5.46. The SMILES string of the molecule is CCN(CC)c1ccc(S(=O)(=O)N(CC)CC)cc1NC(=O)/C(C#N)=C\c1ccc(OC)cc1. The first-order valence-electron chi connectivity index (χ1n) is 11.2. The van der Waals surface area contributed by atoms with Gasteiger partial charge in [-0.1, -0.05) is 26.0 Å². The summed E-state index contributed by atoms with van der Waals surface area (Å²) in [5, 5.41) is 12.4. The van der Waals surface area contributed by atoms with Gasteiger partial charge in [0, 0.05) is 26.2 Å². The van der Waals surface area contributed by atoms with Crippen molar-refractivity contribution < 1.29 is 17.9 Å². The Labute approximate surface area is 202 Å². The lowest BCUT2D eigenvalue weighted by Crippen LogP contribution is -2.31. The number of rotatable bonds is 11. The number of anilines is 2. The number of nitrogens with one attached hydrogen (secondary N) is 1. The largest absolute Gasteiger partial charge is 0.497 e. The third kappa shape index (κ3) is 6.16. The zero-order valence-electron chi connectivity index (χ0n) is 20.3. The summed E-state index contributed by atoms with van der Waals surface area (Å²) < 4.78 is 32.6. The van der Waals surface area contributed by atoms with Gasteiger partial charge in [0.2, 0.25) is 10.0 Å². The van der Waals surface area contributed by atoms with E-state index < -0.39 is 15.9 Å². The average molecular weight is 485 g/mol. The molecular weight excluding hydrogens is 452 g/mol. The number of hydrogen-bond acceptors (Lipinski definition) is 6. The summed E-state index contributed by atoms with van der Waals surface area (Å²) in [6.45, 7) is 9.49. The molecule has 8 nitrogen and oxygen atoms in total. The summed E-state index contributed by atoms with van der Waals surface area (Å²) in [6, 6.07) is 13.6. The van der Waals surface area contributed by atoms with Gasteiger partial charge < -0.3 is 15.0 Å². The van der Waals surface area contributed by atoms with Crippen molar-refractivity contribution in [3.63, 3.8) is 0 Å². The van der Waals surface area contributed by atoms with Gasteiger partial charge >= 0.3 is 0 Å². The van der Waals surface area contributed by atoms with Gasteiger partial charge in [0.1, 0.15) is 17.4 Å². The topological polar surface area (TPSA) is 103 Å². The van der Waals surface area contributed by atoms with Crippen LogP contribution < -0.4 is 15.0 Å². The molecule has 1 amide bonds. The van der Waals surface area contributed by atoms with Crippen LogP contribution in [0.4, 0.5) is 11.4 Å². The zero-order valence-corrected chi connectivity index (χ0v) is 21.1. The molecule has 0 aliphatic carbocycles. The minimum Gasteiger partial charge on any atom is -0.497 e. The molecule has 0 aliphatic rings. The van der Waals surface area contributed by atoms with Crippen LogP contribution in [-0.4, -0.2) is 51.9 Å². The van der Waals surface area contributed by atoms with Gasteiger partial charge in [0.15, 0.2) is 0 Å². The lowest BCUT2D eigenvalue weighted by Gasteiger charge is -2.25. The van der Waals surface area contributed by atoms with Crippen LogP contribution in [0.2, 0.25) is 0 Å². The Hall–Kier alpha value is -3.35. The molecule has 182 valence electrons. The Balaban J connectivity index is 2.50. The van der Waals surface area contributed by atoms with Crippen molar-refractivity contribution in [2.75, 3.05) is 43.5 Å². The molecule has 0 aromatic heterocycles. The first-order valence-corrected chi connectivity index (χ1v) is 12.7. The highest BCUT2D eigenvalue weighted by atomic mass is 32.2. The highest BCUT2D eigenvalue weighted by molar-refractivity contribution is 7.89. The molecule has 0 fully saturated rings. The summed E-state index contributed by atoms with van der Waals surface area (Å²) in [6.07, 6.45) is 1.47. The Morgan fingerprint density at radius 3 is 2.15 bits per heavy atom. The van der Waals surface area contributed by atoms with Gasteiger partial charge in [-0.25, -0.2) is 8.42 Å². The number of amides is 1. The molecule has 2 aromatic carbocycles. The van der Waals surface area contributed by atoms with E-state index in [9.17, 15) is 18.5 Å². The lowest BCUT2D eigenvalue weighted by molar-refractivity contribution is -0.112. The molecule has 2 rings (SSSR count). The summed E-state index contributed by atoms with van der Waals surface area (Å²) in [5.74, 6) is 0.0410. The number of hydrogen-bond donors (Lipinski definition) is 1. The van der Waals surface area contributed by atoms with E-state index in [1.807, 2.05) is 24.8 Å². The maximum Gasteiger partial charge on any atom is 0.266 e. The summed E-state index contributed by atoms with van der Waals surface area (Å²) in [7, 11) is -2.17. The van der Waals surface area contributed by atoms with Crippen LogP contribution in [-0.2, 0) is 14.8 Å². The van der Waals surface area contributed by atoms with E-state index in [1.54, 1.807) is 57.4 Å². The van der Waals surface area contributed by atoms with Crippen molar-refractivity contribution in [1.29, 1.82) is 5.26 Å². The molecule has 0 atom stereocenters. The zero-order chi connectivity index (χ0) is 25.3. The Morgan fingerprint density at radius 2 is 1.65 bits per heavy atom. The summed E-state index contributed by atoms with van der Waals surface area (Å²) in [5.41, 5.74) is 1.57. The summed E-state index contributed by atoms with van der Waals surface area (Å²) >= 11 is 0. The lowest BCUT2D eigenvalue weighted by atomic mass is 10.1. The minimum atomic E-state index is -3.72. The van der Waals surface area contributed by atoms with Gasteiger partial charge in [0.05, 0.1) is 23.4 Å². The van der Waals surface area contributed by atoms with Gasteiger partial charge in [-0.3, -0.25) is 4.79 Å². The second kappa shape index (κ2) is 12.2. The van der Waals surface area contributed by atoms with Crippen LogP contribution >= 0.6 is 0 Å². The van der Waals surface area contributed by atoms with Crippen LogP contribution in [0.25, 0.3) is 6.08 Å². The molecule has 0 heterocycles. The maximum atomic E-state index is 13.1. The van der Waals surface area contributed by atoms with Crippen LogP contribution in [0.5, 0.6) is 5.75 Å². The van der Waals surface area contributed by atoms with Crippen molar-refractivity contribution in [3.8, 4) is 11.8 Å². The van der Waals surface area contributed by atoms with Gasteiger partial charge in [-0.05, 0) is 55.8 Å². The molecule has 0 aliphatic heterocycles. The molecule has 0 spiro atoms.